The van der Waals surface area contributed by atoms with E-state index in [0.717, 1.165) is 34.5 Å². The maximum absolute atomic E-state index is 12.5. The zero-order valence-corrected chi connectivity index (χ0v) is 20.1. The molecule has 0 aliphatic rings. The Labute approximate surface area is 202 Å². The molecule has 0 radical (unpaired) electrons. The van der Waals surface area contributed by atoms with Crippen molar-refractivity contribution in [2.45, 2.75) is 17.9 Å². The topological polar surface area (TPSA) is 45.6 Å². The molecule has 4 rings (SSSR count). The molecule has 2 unspecified atom stereocenters. The fourth-order valence-corrected chi connectivity index (χ4v) is 4.54. The van der Waals surface area contributed by atoms with Gasteiger partial charge in [0.2, 0.25) is 5.88 Å². The number of benzene rings is 3. The summed E-state index contributed by atoms with van der Waals surface area (Å²) in [6.45, 7) is 0.729. The van der Waals surface area contributed by atoms with Crippen LogP contribution in [-0.4, -0.2) is 42.7 Å². The number of ether oxygens (including phenoxy) is 1. The molecule has 0 fully saturated rings. The van der Waals surface area contributed by atoms with E-state index in [1.165, 1.54) is 0 Å². The van der Waals surface area contributed by atoms with Crippen LogP contribution in [0.3, 0.4) is 0 Å². The van der Waals surface area contributed by atoms with Gasteiger partial charge in [-0.25, -0.2) is 4.98 Å². The summed E-state index contributed by atoms with van der Waals surface area (Å²) in [6.07, 6.45) is 0.549. The molecule has 1 aromatic heterocycles. The second kappa shape index (κ2) is 10.6. The van der Waals surface area contributed by atoms with Gasteiger partial charge in [-0.15, -0.1) is 0 Å². The largest absolute Gasteiger partial charge is 0.481 e. The molecule has 0 saturated heterocycles. The lowest BCUT2D eigenvalue weighted by atomic mass is 9.72. The minimum absolute atomic E-state index is 0.372. The normalized spacial score (nSPS) is 13.9. The zero-order chi connectivity index (χ0) is 24.0. The minimum Gasteiger partial charge on any atom is -0.481 e. The van der Waals surface area contributed by atoms with E-state index in [2.05, 4.69) is 23.1 Å². The SMILES string of the molecule is COc1nc(-c2ccccc2)ccc1C(c1ccccc1)C(O)(CCN(C)C)c1ccccc1. The molecule has 0 spiro atoms. The summed E-state index contributed by atoms with van der Waals surface area (Å²) in [7, 11) is 5.70. The van der Waals surface area contributed by atoms with Crippen LogP contribution in [-0.2, 0) is 5.60 Å². The lowest BCUT2D eigenvalue weighted by Gasteiger charge is -2.38. The highest BCUT2D eigenvalue weighted by Gasteiger charge is 2.42. The molecular weight excluding hydrogens is 420 g/mol. The fourth-order valence-electron chi connectivity index (χ4n) is 4.54. The van der Waals surface area contributed by atoms with Gasteiger partial charge in [-0.1, -0.05) is 97.1 Å². The first kappa shape index (κ1) is 23.7. The van der Waals surface area contributed by atoms with Crippen LogP contribution in [0.1, 0.15) is 29.0 Å². The highest BCUT2D eigenvalue weighted by atomic mass is 16.5. The van der Waals surface area contributed by atoms with Crippen molar-refractivity contribution in [1.82, 2.24) is 9.88 Å². The van der Waals surface area contributed by atoms with E-state index in [9.17, 15) is 5.11 Å². The van der Waals surface area contributed by atoms with Gasteiger partial charge < -0.3 is 14.7 Å². The second-order valence-corrected chi connectivity index (χ2v) is 8.85. The van der Waals surface area contributed by atoms with Crippen LogP contribution in [0.25, 0.3) is 11.3 Å². The first-order chi connectivity index (χ1) is 16.5. The molecule has 4 heteroatoms. The van der Waals surface area contributed by atoms with Gasteiger partial charge in [-0.3, -0.25) is 0 Å². The van der Waals surface area contributed by atoms with E-state index < -0.39 is 5.60 Å². The Balaban J connectivity index is 1.91. The third-order valence-electron chi connectivity index (χ3n) is 6.29. The highest BCUT2D eigenvalue weighted by Crippen LogP contribution is 2.47. The van der Waals surface area contributed by atoms with Crippen molar-refractivity contribution in [1.29, 1.82) is 0 Å². The molecule has 0 aliphatic heterocycles. The molecule has 4 nitrogen and oxygen atoms in total. The predicted molar refractivity (Wildman–Crippen MR) is 138 cm³/mol. The Morgan fingerprint density at radius 3 is 2.00 bits per heavy atom. The van der Waals surface area contributed by atoms with Crippen LogP contribution in [0, 0.1) is 0 Å². The number of rotatable bonds is 9. The standard InChI is InChI=1S/C30H32N2O2/c1-32(2)22-21-30(33,25-17-11-6-12-18-25)28(24-15-9-5-10-16-24)26-19-20-27(31-29(26)34-3)23-13-7-4-8-14-23/h4-20,28,33H,21-22H2,1-3H3. The molecule has 174 valence electrons. The maximum Gasteiger partial charge on any atom is 0.217 e. The molecule has 1 heterocycles. The molecule has 2 atom stereocenters. The average Bonchev–Trinajstić information content (AvgIpc) is 2.89. The first-order valence-electron chi connectivity index (χ1n) is 11.6. The van der Waals surface area contributed by atoms with Crippen LogP contribution in [0.2, 0.25) is 0 Å². The summed E-state index contributed by atoms with van der Waals surface area (Å²) in [6, 6.07) is 34.2. The van der Waals surface area contributed by atoms with Gasteiger partial charge in [0.05, 0.1) is 12.8 Å². The lowest BCUT2D eigenvalue weighted by Crippen LogP contribution is -2.37. The maximum atomic E-state index is 12.5. The van der Waals surface area contributed by atoms with Crippen LogP contribution < -0.4 is 4.74 Å². The molecule has 3 aromatic carbocycles. The monoisotopic (exact) mass is 452 g/mol. The van der Waals surface area contributed by atoms with Crippen molar-refractivity contribution < 1.29 is 9.84 Å². The van der Waals surface area contributed by atoms with E-state index >= 15 is 0 Å². The fraction of sp³-hybridized carbons (Fsp3) is 0.233. The Hall–Kier alpha value is -3.47. The van der Waals surface area contributed by atoms with Crippen molar-refractivity contribution in [2.24, 2.45) is 0 Å². The van der Waals surface area contributed by atoms with Crippen molar-refractivity contribution >= 4 is 0 Å². The summed E-state index contributed by atoms with van der Waals surface area (Å²) in [5, 5.41) is 12.5. The van der Waals surface area contributed by atoms with Crippen molar-refractivity contribution in [3.63, 3.8) is 0 Å². The number of hydrogen-bond acceptors (Lipinski definition) is 4. The molecule has 0 aliphatic carbocycles. The average molecular weight is 453 g/mol. The van der Waals surface area contributed by atoms with E-state index in [4.69, 9.17) is 9.72 Å². The van der Waals surface area contributed by atoms with Gasteiger partial charge in [0.25, 0.3) is 0 Å². The van der Waals surface area contributed by atoms with E-state index in [-0.39, 0.29) is 5.92 Å². The van der Waals surface area contributed by atoms with Gasteiger partial charge >= 0.3 is 0 Å². The van der Waals surface area contributed by atoms with Crippen molar-refractivity contribution in [3.8, 4) is 17.1 Å². The number of aliphatic hydroxyl groups is 1. The minimum atomic E-state index is -1.17. The predicted octanol–water partition coefficient (Wildman–Crippen LogP) is 5.73. The molecule has 1 N–H and O–H groups in total. The number of nitrogens with zero attached hydrogens (tertiary/aromatic N) is 2. The summed E-state index contributed by atoms with van der Waals surface area (Å²) in [5.74, 6) is 0.151. The number of methoxy groups -OCH3 is 1. The zero-order valence-electron chi connectivity index (χ0n) is 20.1. The Morgan fingerprint density at radius 2 is 1.41 bits per heavy atom. The molecule has 4 aromatic rings. The summed E-state index contributed by atoms with van der Waals surface area (Å²) in [4.78, 5) is 6.97. The first-order valence-corrected chi connectivity index (χ1v) is 11.6. The molecule has 34 heavy (non-hydrogen) atoms. The molecular formula is C30H32N2O2. The van der Waals surface area contributed by atoms with Crippen LogP contribution in [0.5, 0.6) is 5.88 Å². The lowest BCUT2D eigenvalue weighted by molar-refractivity contribution is 0.00376. The highest BCUT2D eigenvalue weighted by molar-refractivity contribution is 5.61. The molecule has 0 saturated carbocycles. The van der Waals surface area contributed by atoms with Crippen LogP contribution in [0.15, 0.2) is 103 Å². The van der Waals surface area contributed by atoms with E-state index in [1.54, 1.807) is 7.11 Å². The van der Waals surface area contributed by atoms with Gasteiger partial charge in [0, 0.05) is 23.6 Å². The number of hydrogen-bond donors (Lipinski definition) is 1. The Morgan fingerprint density at radius 1 is 0.824 bits per heavy atom. The summed E-state index contributed by atoms with van der Waals surface area (Å²) < 4.78 is 5.83. The van der Waals surface area contributed by atoms with Crippen LogP contribution in [0.4, 0.5) is 0 Å². The smallest absolute Gasteiger partial charge is 0.217 e. The van der Waals surface area contributed by atoms with E-state index in [0.29, 0.717) is 12.3 Å². The summed E-state index contributed by atoms with van der Waals surface area (Å²) >= 11 is 0. The van der Waals surface area contributed by atoms with Gasteiger partial charge in [0.1, 0.15) is 5.60 Å². The molecule has 0 amide bonds. The Bertz CT molecular complexity index is 1180. The third kappa shape index (κ3) is 5.04. The molecule has 0 bridgehead atoms. The van der Waals surface area contributed by atoms with Crippen molar-refractivity contribution in [2.75, 3.05) is 27.7 Å². The second-order valence-electron chi connectivity index (χ2n) is 8.85. The number of pyridine rings is 1. The van der Waals surface area contributed by atoms with Crippen molar-refractivity contribution in [3.05, 3.63) is 120 Å². The quantitative estimate of drug-likeness (QED) is 0.352. The van der Waals surface area contributed by atoms with Gasteiger partial charge in [0.15, 0.2) is 0 Å². The summed E-state index contributed by atoms with van der Waals surface area (Å²) in [5.41, 5.74) is 3.44. The van der Waals surface area contributed by atoms with Crippen LogP contribution >= 0.6 is 0 Å². The number of aromatic nitrogens is 1. The van der Waals surface area contributed by atoms with E-state index in [1.807, 2.05) is 99.0 Å². The van der Waals surface area contributed by atoms with Gasteiger partial charge in [-0.2, -0.15) is 0 Å². The van der Waals surface area contributed by atoms with Gasteiger partial charge in [-0.05, 0) is 37.7 Å². The Kier molecular flexibility index (Phi) is 7.41. The third-order valence-corrected chi connectivity index (χ3v) is 6.29.